The van der Waals surface area contributed by atoms with Crippen molar-refractivity contribution in [2.45, 2.75) is 76.9 Å². The fourth-order valence-corrected chi connectivity index (χ4v) is 4.98. The van der Waals surface area contributed by atoms with Gasteiger partial charge in [0.05, 0.1) is 12.2 Å². The predicted molar refractivity (Wildman–Crippen MR) is 96.0 cm³/mol. The van der Waals surface area contributed by atoms with Crippen molar-refractivity contribution in [1.82, 2.24) is 0 Å². The Kier molecular flexibility index (Phi) is 5.83. The summed E-state index contributed by atoms with van der Waals surface area (Å²) in [4.78, 5) is 0. The molecule has 2 aliphatic carbocycles. The van der Waals surface area contributed by atoms with Gasteiger partial charge in [0.1, 0.15) is 5.75 Å². The van der Waals surface area contributed by atoms with E-state index in [0.29, 0.717) is 23.5 Å². The van der Waals surface area contributed by atoms with Crippen LogP contribution in [0.4, 0.5) is 0 Å². The molecule has 2 aliphatic rings. The van der Waals surface area contributed by atoms with E-state index in [0.717, 1.165) is 50.5 Å². The highest BCUT2D eigenvalue weighted by Gasteiger charge is 2.44. The first-order valence-corrected chi connectivity index (χ1v) is 9.76. The average molecular weight is 332 g/mol. The third-order valence-corrected chi connectivity index (χ3v) is 6.34. The molecule has 134 valence electrons. The Morgan fingerprint density at radius 1 is 1.17 bits per heavy atom. The smallest absolute Gasteiger partial charge is 0.119 e. The first-order valence-electron chi connectivity index (χ1n) is 9.76. The van der Waals surface area contributed by atoms with Gasteiger partial charge in [0.2, 0.25) is 0 Å². The molecule has 0 aromatic heterocycles. The van der Waals surface area contributed by atoms with Gasteiger partial charge in [-0.05, 0) is 73.5 Å². The molecule has 1 saturated carbocycles. The Bertz CT molecular complexity index is 542. The minimum atomic E-state index is -0.251. The van der Waals surface area contributed by atoms with Gasteiger partial charge < -0.3 is 15.3 Å². The quantitative estimate of drug-likeness (QED) is 0.665. The molecule has 0 heterocycles. The highest BCUT2D eigenvalue weighted by atomic mass is 16.3. The molecule has 3 rings (SSSR count). The number of benzene rings is 1. The number of phenols is 1. The normalized spacial score (nSPS) is 30.0. The second-order valence-electron chi connectivity index (χ2n) is 7.94. The van der Waals surface area contributed by atoms with Crippen LogP contribution in [0.1, 0.15) is 63.0 Å². The molecule has 1 aromatic carbocycles. The van der Waals surface area contributed by atoms with E-state index in [2.05, 4.69) is 13.0 Å². The number of aliphatic hydroxyl groups is 2. The SMILES string of the molecule is CCCCCC(O)CC[C@H]1C(O)C[C@@H]2Cc3c(O)cccc3C[C@@H]21. The number of rotatable bonds is 7. The largest absolute Gasteiger partial charge is 0.508 e. The van der Waals surface area contributed by atoms with Crippen LogP contribution in [0.2, 0.25) is 0 Å². The van der Waals surface area contributed by atoms with Crippen LogP contribution in [0.15, 0.2) is 18.2 Å². The molecule has 2 unspecified atom stereocenters. The van der Waals surface area contributed by atoms with Crippen molar-refractivity contribution in [3.8, 4) is 5.75 Å². The monoisotopic (exact) mass is 332 g/mol. The summed E-state index contributed by atoms with van der Waals surface area (Å²) in [6.45, 7) is 2.18. The molecular weight excluding hydrogens is 300 g/mol. The third-order valence-electron chi connectivity index (χ3n) is 6.34. The molecule has 3 N–H and O–H groups in total. The highest BCUT2D eigenvalue weighted by Crippen LogP contribution is 2.48. The van der Waals surface area contributed by atoms with E-state index in [1.165, 1.54) is 18.4 Å². The number of hydrogen-bond donors (Lipinski definition) is 3. The van der Waals surface area contributed by atoms with E-state index in [9.17, 15) is 15.3 Å². The first kappa shape index (κ1) is 17.8. The first-order chi connectivity index (χ1) is 11.6. The minimum Gasteiger partial charge on any atom is -0.508 e. The summed E-state index contributed by atoms with van der Waals surface area (Å²) in [6, 6.07) is 5.81. The molecule has 0 radical (unpaired) electrons. The topological polar surface area (TPSA) is 60.7 Å². The molecule has 0 saturated heterocycles. The zero-order valence-corrected chi connectivity index (χ0v) is 14.8. The summed E-state index contributed by atoms with van der Waals surface area (Å²) in [7, 11) is 0. The van der Waals surface area contributed by atoms with Crippen LogP contribution >= 0.6 is 0 Å². The van der Waals surface area contributed by atoms with E-state index in [1.54, 1.807) is 6.07 Å². The molecule has 0 bridgehead atoms. The summed E-state index contributed by atoms with van der Waals surface area (Å²) in [5, 5.41) is 30.8. The Morgan fingerprint density at radius 3 is 2.79 bits per heavy atom. The lowest BCUT2D eigenvalue weighted by molar-refractivity contribution is 0.0869. The molecule has 1 fully saturated rings. The molecule has 3 heteroatoms. The zero-order valence-electron chi connectivity index (χ0n) is 14.8. The molecule has 3 nitrogen and oxygen atoms in total. The van der Waals surface area contributed by atoms with Crippen molar-refractivity contribution in [2.24, 2.45) is 17.8 Å². The minimum absolute atomic E-state index is 0.220. The van der Waals surface area contributed by atoms with Gasteiger partial charge in [0.15, 0.2) is 0 Å². The van der Waals surface area contributed by atoms with Crippen LogP contribution in [0.25, 0.3) is 0 Å². The van der Waals surface area contributed by atoms with Gasteiger partial charge in [-0.1, -0.05) is 38.3 Å². The Hall–Kier alpha value is -1.06. The Morgan fingerprint density at radius 2 is 2.00 bits per heavy atom. The summed E-state index contributed by atoms with van der Waals surface area (Å²) >= 11 is 0. The lowest BCUT2D eigenvalue weighted by Gasteiger charge is -2.32. The van der Waals surface area contributed by atoms with E-state index >= 15 is 0 Å². The highest BCUT2D eigenvalue weighted by molar-refractivity contribution is 5.42. The Balaban J connectivity index is 1.59. The van der Waals surface area contributed by atoms with Gasteiger partial charge in [-0.2, -0.15) is 0 Å². The number of unbranched alkanes of at least 4 members (excludes halogenated alkanes) is 2. The van der Waals surface area contributed by atoms with Crippen LogP contribution in [-0.2, 0) is 12.8 Å². The van der Waals surface area contributed by atoms with Crippen molar-refractivity contribution in [2.75, 3.05) is 0 Å². The van der Waals surface area contributed by atoms with Crippen LogP contribution in [-0.4, -0.2) is 27.5 Å². The van der Waals surface area contributed by atoms with Gasteiger partial charge >= 0.3 is 0 Å². The van der Waals surface area contributed by atoms with Crippen molar-refractivity contribution in [3.63, 3.8) is 0 Å². The summed E-state index contributed by atoms with van der Waals surface area (Å²) < 4.78 is 0. The van der Waals surface area contributed by atoms with Crippen molar-refractivity contribution < 1.29 is 15.3 Å². The maximum Gasteiger partial charge on any atom is 0.119 e. The Labute approximate surface area is 145 Å². The number of fused-ring (bicyclic) bond motifs is 2. The van der Waals surface area contributed by atoms with Gasteiger partial charge in [0.25, 0.3) is 0 Å². The van der Waals surface area contributed by atoms with E-state index in [4.69, 9.17) is 0 Å². The number of phenolic OH excluding ortho intramolecular Hbond substituents is 1. The van der Waals surface area contributed by atoms with E-state index in [-0.39, 0.29) is 12.2 Å². The summed E-state index contributed by atoms with van der Waals surface area (Å²) in [5.74, 6) is 1.68. The molecular formula is C21H32O3. The van der Waals surface area contributed by atoms with Crippen LogP contribution in [0.3, 0.4) is 0 Å². The number of aromatic hydroxyl groups is 1. The van der Waals surface area contributed by atoms with Crippen molar-refractivity contribution in [1.29, 1.82) is 0 Å². The molecule has 1 aromatic rings. The van der Waals surface area contributed by atoms with Gasteiger partial charge in [-0.25, -0.2) is 0 Å². The summed E-state index contributed by atoms with van der Waals surface area (Å²) in [5.41, 5.74) is 2.34. The molecule has 24 heavy (non-hydrogen) atoms. The van der Waals surface area contributed by atoms with Gasteiger partial charge in [-0.3, -0.25) is 0 Å². The van der Waals surface area contributed by atoms with Crippen molar-refractivity contribution in [3.05, 3.63) is 29.3 Å². The van der Waals surface area contributed by atoms with E-state index < -0.39 is 0 Å². The van der Waals surface area contributed by atoms with Crippen LogP contribution < -0.4 is 0 Å². The average Bonchev–Trinajstić information content (AvgIpc) is 2.86. The van der Waals surface area contributed by atoms with Gasteiger partial charge in [-0.15, -0.1) is 0 Å². The second kappa shape index (κ2) is 7.88. The van der Waals surface area contributed by atoms with Gasteiger partial charge in [0, 0.05) is 0 Å². The molecule has 0 amide bonds. The van der Waals surface area contributed by atoms with Crippen LogP contribution in [0, 0.1) is 17.8 Å². The number of hydrogen-bond acceptors (Lipinski definition) is 3. The zero-order chi connectivity index (χ0) is 17.1. The van der Waals surface area contributed by atoms with Crippen molar-refractivity contribution >= 4 is 0 Å². The third kappa shape index (κ3) is 3.78. The maximum absolute atomic E-state index is 10.6. The van der Waals surface area contributed by atoms with E-state index in [1.807, 2.05) is 6.07 Å². The number of aliphatic hydroxyl groups excluding tert-OH is 2. The predicted octanol–water partition coefficient (Wildman–Crippen LogP) is 3.83. The maximum atomic E-state index is 10.6. The molecule has 0 aliphatic heterocycles. The van der Waals surface area contributed by atoms with Crippen LogP contribution in [0.5, 0.6) is 5.75 Å². The summed E-state index contributed by atoms with van der Waals surface area (Å²) in [6.07, 6.45) is 8.31. The lowest BCUT2D eigenvalue weighted by atomic mass is 9.73. The lowest BCUT2D eigenvalue weighted by Crippen LogP contribution is -2.27. The molecule has 5 atom stereocenters. The fraction of sp³-hybridized carbons (Fsp3) is 0.714. The standard InChI is InChI=1S/C21H32O3/c1-2-3-4-7-16(22)9-10-17-18-11-14-6-5-8-20(23)19(14)12-15(18)13-21(17)24/h5-6,8,15-18,21-24H,2-4,7,9-13H2,1H3/t15-,16?,17+,18-,21?/m0/s1. The fourth-order valence-electron chi connectivity index (χ4n) is 4.98. The molecule has 0 spiro atoms. The second-order valence-corrected chi connectivity index (χ2v) is 7.94.